The highest BCUT2D eigenvalue weighted by molar-refractivity contribution is 5.86. The molecule has 1 aromatic heterocycles. The Balaban J connectivity index is 2.71. The lowest BCUT2D eigenvalue weighted by molar-refractivity contribution is 0.476. The molecule has 1 aromatic carbocycles. The van der Waals surface area contributed by atoms with Crippen molar-refractivity contribution in [2.24, 2.45) is 0 Å². The summed E-state index contributed by atoms with van der Waals surface area (Å²) >= 11 is 0. The van der Waals surface area contributed by atoms with Crippen molar-refractivity contribution in [1.82, 2.24) is 9.88 Å². The molecule has 3 nitrogen and oxygen atoms in total. The normalized spacial score (nSPS) is 13.5. The third kappa shape index (κ3) is 2.03. The molecule has 92 valence electrons. The minimum Gasteiger partial charge on any atom is -0.508 e. The quantitative estimate of drug-likeness (QED) is 0.852. The van der Waals surface area contributed by atoms with Crippen molar-refractivity contribution < 1.29 is 5.11 Å². The van der Waals surface area contributed by atoms with Crippen LogP contribution in [0.4, 0.5) is 0 Å². The van der Waals surface area contributed by atoms with Crippen LogP contribution >= 0.6 is 0 Å². The molecule has 1 unspecified atom stereocenters. The first-order valence-electron chi connectivity index (χ1n) is 6.05. The predicted molar refractivity (Wildman–Crippen MR) is 71.5 cm³/mol. The largest absolute Gasteiger partial charge is 0.508 e. The lowest BCUT2D eigenvalue weighted by atomic mass is 10.1. The summed E-state index contributed by atoms with van der Waals surface area (Å²) in [4.78, 5) is 0. The summed E-state index contributed by atoms with van der Waals surface area (Å²) in [6.45, 7) is 6.46. The molecule has 0 amide bonds. The molecule has 0 aliphatic carbocycles. The maximum absolute atomic E-state index is 9.63. The van der Waals surface area contributed by atoms with Crippen LogP contribution in [0.5, 0.6) is 5.75 Å². The standard InChI is InChI=1S/C14H20N2O/c1-9(2)16-8-13(10(3)15-4)12-7-11(17)5-6-14(12)16/h5-10,15,17H,1-4H3. The lowest BCUT2D eigenvalue weighted by Crippen LogP contribution is -2.11. The van der Waals surface area contributed by atoms with Crippen molar-refractivity contribution in [2.75, 3.05) is 7.05 Å². The van der Waals surface area contributed by atoms with Gasteiger partial charge in [-0.2, -0.15) is 0 Å². The first-order chi connectivity index (χ1) is 8.04. The monoisotopic (exact) mass is 232 g/mol. The Morgan fingerprint density at radius 3 is 2.53 bits per heavy atom. The van der Waals surface area contributed by atoms with E-state index < -0.39 is 0 Å². The van der Waals surface area contributed by atoms with Crippen LogP contribution in [-0.4, -0.2) is 16.7 Å². The zero-order chi connectivity index (χ0) is 12.6. The van der Waals surface area contributed by atoms with Gasteiger partial charge >= 0.3 is 0 Å². The van der Waals surface area contributed by atoms with Gasteiger partial charge in [0.2, 0.25) is 0 Å². The number of phenols is 1. The maximum Gasteiger partial charge on any atom is 0.116 e. The van der Waals surface area contributed by atoms with Crippen LogP contribution in [0.3, 0.4) is 0 Å². The summed E-state index contributed by atoms with van der Waals surface area (Å²) in [5, 5.41) is 14.0. The van der Waals surface area contributed by atoms with E-state index in [-0.39, 0.29) is 6.04 Å². The van der Waals surface area contributed by atoms with E-state index in [0.717, 1.165) is 5.39 Å². The maximum atomic E-state index is 9.63. The molecule has 0 bridgehead atoms. The molecule has 2 N–H and O–H groups in total. The van der Waals surface area contributed by atoms with Gasteiger partial charge in [0.05, 0.1) is 0 Å². The highest BCUT2D eigenvalue weighted by Gasteiger charge is 2.14. The van der Waals surface area contributed by atoms with Crippen LogP contribution in [0.25, 0.3) is 10.9 Å². The molecule has 0 fully saturated rings. The fourth-order valence-electron chi connectivity index (χ4n) is 2.20. The van der Waals surface area contributed by atoms with Crippen LogP contribution in [0, 0.1) is 0 Å². The number of hydrogen-bond acceptors (Lipinski definition) is 2. The zero-order valence-corrected chi connectivity index (χ0v) is 10.9. The molecule has 17 heavy (non-hydrogen) atoms. The van der Waals surface area contributed by atoms with Crippen molar-refractivity contribution in [1.29, 1.82) is 0 Å². The number of aromatic nitrogens is 1. The van der Waals surface area contributed by atoms with Crippen LogP contribution < -0.4 is 5.32 Å². The number of rotatable bonds is 3. The zero-order valence-electron chi connectivity index (χ0n) is 10.9. The number of benzene rings is 1. The second-order valence-corrected chi connectivity index (χ2v) is 4.80. The highest BCUT2D eigenvalue weighted by atomic mass is 16.3. The van der Waals surface area contributed by atoms with E-state index in [9.17, 15) is 5.11 Å². The van der Waals surface area contributed by atoms with Gasteiger partial charge in [-0.15, -0.1) is 0 Å². The van der Waals surface area contributed by atoms with Gasteiger partial charge < -0.3 is 15.0 Å². The fraction of sp³-hybridized carbons (Fsp3) is 0.429. The van der Waals surface area contributed by atoms with Gasteiger partial charge in [-0.1, -0.05) is 0 Å². The average Bonchev–Trinajstić information content (AvgIpc) is 2.66. The topological polar surface area (TPSA) is 37.2 Å². The SMILES string of the molecule is CNC(C)c1cn(C(C)C)c2ccc(O)cc12. The summed E-state index contributed by atoms with van der Waals surface area (Å²) in [6, 6.07) is 6.27. The Hall–Kier alpha value is -1.48. The molecule has 2 aromatic rings. The van der Waals surface area contributed by atoms with E-state index in [2.05, 4.69) is 36.9 Å². The minimum absolute atomic E-state index is 0.277. The van der Waals surface area contributed by atoms with Gasteiger partial charge in [-0.05, 0) is 51.6 Å². The van der Waals surface area contributed by atoms with Gasteiger partial charge in [-0.3, -0.25) is 0 Å². The minimum atomic E-state index is 0.277. The Kier molecular flexibility index (Phi) is 3.11. The third-order valence-electron chi connectivity index (χ3n) is 3.30. The Labute approximate surface area is 102 Å². The highest BCUT2D eigenvalue weighted by Crippen LogP contribution is 2.31. The van der Waals surface area contributed by atoms with Gasteiger partial charge in [0.1, 0.15) is 5.75 Å². The predicted octanol–water partition coefficient (Wildman–Crippen LogP) is 3.21. The molecule has 3 heteroatoms. The van der Waals surface area contributed by atoms with Crippen LogP contribution in [-0.2, 0) is 0 Å². The van der Waals surface area contributed by atoms with E-state index in [1.165, 1.54) is 11.1 Å². The lowest BCUT2D eigenvalue weighted by Gasteiger charge is -2.09. The van der Waals surface area contributed by atoms with Crippen molar-refractivity contribution in [3.8, 4) is 5.75 Å². The molecule has 0 aliphatic rings. The first kappa shape index (κ1) is 12.0. The van der Waals surface area contributed by atoms with Gasteiger partial charge in [0.15, 0.2) is 0 Å². The molecule has 1 atom stereocenters. The summed E-state index contributed by atoms with van der Waals surface area (Å²) < 4.78 is 2.25. The molecule has 0 aliphatic heterocycles. The van der Waals surface area contributed by atoms with Crippen molar-refractivity contribution in [2.45, 2.75) is 32.9 Å². The van der Waals surface area contributed by atoms with Crippen molar-refractivity contribution in [3.63, 3.8) is 0 Å². The molecule has 2 rings (SSSR count). The van der Waals surface area contributed by atoms with Crippen LogP contribution in [0.1, 0.15) is 38.4 Å². The number of phenolic OH excluding ortho intramolecular Hbond substituents is 1. The van der Waals surface area contributed by atoms with Gasteiger partial charge in [0, 0.05) is 29.2 Å². The number of nitrogens with one attached hydrogen (secondary N) is 1. The molecule has 0 saturated carbocycles. The second-order valence-electron chi connectivity index (χ2n) is 4.80. The van der Waals surface area contributed by atoms with Gasteiger partial charge in [0.25, 0.3) is 0 Å². The second kappa shape index (κ2) is 4.41. The molecule has 0 radical (unpaired) electrons. The number of fused-ring (bicyclic) bond motifs is 1. The van der Waals surface area contributed by atoms with E-state index in [1.54, 1.807) is 6.07 Å². The molecular weight excluding hydrogens is 212 g/mol. The Bertz CT molecular complexity index is 528. The Morgan fingerprint density at radius 1 is 1.24 bits per heavy atom. The van der Waals surface area contributed by atoms with E-state index >= 15 is 0 Å². The molecule has 0 saturated heterocycles. The smallest absolute Gasteiger partial charge is 0.116 e. The molecular formula is C14H20N2O. The van der Waals surface area contributed by atoms with Crippen LogP contribution in [0.15, 0.2) is 24.4 Å². The van der Waals surface area contributed by atoms with Crippen molar-refractivity contribution >= 4 is 10.9 Å². The van der Waals surface area contributed by atoms with Crippen molar-refractivity contribution in [3.05, 3.63) is 30.0 Å². The molecule has 1 heterocycles. The Morgan fingerprint density at radius 2 is 1.94 bits per heavy atom. The summed E-state index contributed by atoms with van der Waals surface area (Å²) in [6.07, 6.45) is 2.18. The number of aromatic hydroxyl groups is 1. The number of hydrogen-bond donors (Lipinski definition) is 2. The summed E-state index contributed by atoms with van der Waals surface area (Å²) in [5.41, 5.74) is 2.40. The molecule has 0 spiro atoms. The fourth-order valence-corrected chi connectivity index (χ4v) is 2.20. The first-order valence-corrected chi connectivity index (χ1v) is 6.05. The number of nitrogens with zero attached hydrogens (tertiary/aromatic N) is 1. The summed E-state index contributed by atoms with van der Waals surface area (Å²) in [5.74, 6) is 0.323. The van der Waals surface area contributed by atoms with Gasteiger partial charge in [-0.25, -0.2) is 0 Å². The van der Waals surface area contributed by atoms with E-state index in [0.29, 0.717) is 11.8 Å². The summed E-state index contributed by atoms with van der Waals surface area (Å²) in [7, 11) is 1.95. The van der Waals surface area contributed by atoms with Crippen LogP contribution in [0.2, 0.25) is 0 Å². The third-order valence-corrected chi connectivity index (χ3v) is 3.30. The van der Waals surface area contributed by atoms with E-state index in [1.807, 2.05) is 19.2 Å². The van der Waals surface area contributed by atoms with E-state index in [4.69, 9.17) is 0 Å². The average molecular weight is 232 g/mol.